The number of tetrazole rings is 1. The lowest BCUT2D eigenvalue weighted by molar-refractivity contribution is 0.117. The van der Waals surface area contributed by atoms with Crippen LogP contribution in [0.3, 0.4) is 0 Å². The number of aliphatic hydroxyl groups is 1. The third-order valence-corrected chi connectivity index (χ3v) is 8.46. The Bertz CT molecular complexity index is 1890. The van der Waals surface area contributed by atoms with Crippen LogP contribution < -0.4 is 0 Å². The van der Waals surface area contributed by atoms with Crippen LogP contribution in [0.2, 0.25) is 5.02 Å². The van der Waals surface area contributed by atoms with Gasteiger partial charge < -0.3 is 14.6 Å². The zero-order chi connectivity index (χ0) is 28.8. The van der Waals surface area contributed by atoms with Crippen molar-refractivity contribution < 1.29 is 5.11 Å². The highest BCUT2D eigenvalue weighted by Crippen LogP contribution is 2.39. The van der Waals surface area contributed by atoms with E-state index in [9.17, 15) is 5.11 Å². The zero-order valence-corrected chi connectivity index (χ0v) is 24.1. The SMILES string of the molecule is CN1CCN(Cc2ccc(C(O)(c3ccc4c(c3)c(-c3cccc(Cl)c3)nc3nnnn34)c3cncn3C)cc2)CC1. The summed E-state index contributed by atoms with van der Waals surface area (Å²) in [6.45, 7) is 5.12. The quantitative estimate of drug-likeness (QED) is 0.318. The Balaban J connectivity index is 1.36. The van der Waals surface area contributed by atoms with E-state index in [4.69, 9.17) is 16.6 Å². The van der Waals surface area contributed by atoms with Crippen LogP contribution in [-0.4, -0.2) is 82.7 Å². The van der Waals surface area contributed by atoms with Gasteiger partial charge >= 0.3 is 0 Å². The molecule has 0 saturated carbocycles. The molecule has 1 N–H and O–H groups in total. The summed E-state index contributed by atoms with van der Waals surface area (Å²) < 4.78 is 3.45. The van der Waals surface area contributed by atoms with E-state index in [1.165, 1.54) is 5.56 Å². The standard InChI is InChI=1S/C31H30ClN9O/c1-38-12-14-40(15-13-38)19-21-6-8-23(9-7-21)31(42,28-18-33-20-39(28)2)24-10-11-27-26(17-24)29(22-4-3-5-25(32)16-22)34-30-35-36-37-41(27)30/h3-11,16-18,20,42H,12-15,19H2,1-2H3. The fourth-order valence-corrected chi connectivity index (χ4v) is 6.03. The summed E-state index contributed by atoms with van der Waals surface area (Å²) in [7, 11) is 4.05. The Morgan fingerprint density at radius 1 is 0.929 bits per heavy atom. The van der Waals surface area contributed by atoms with Gasteiger partial charge in [0, 0.05) is 55.7 Å². The van der Waals surface area contributed by atoms with Crippen LogP contribution in [-0.2, 0) is 19.2 Å². The fraction of sp³-hybridized carbons (Fsp3) is 0.258. The number of likely N-dealkylation sites (N-methyl/N-ethyl adjacent to an activating group) is 1. The van der Waals surface area contributed by atoms with Crippen molar-refractivity contribution in [3.8, 4) is 11.3 Å². The van der Waals surface area contributed by atoms with Crippen molar-refractivity contribution in [2.75, 3.05) is 33.2 Å². The molecule has 3 aromatic heterocycles. The Morgan fingerprint density at radius 3 is 2.45 bits per heavy atom. The van der Waals surface area contributed by atoms with Crippen LogP contribution >= 0.6 is 11.6 Å². The van der Waals surface area contributed by atoms with Crippen LogP contribution in [0.5, 0.6) is 0 Å². The summed E-state index contributed by atoms with van der Waals surface area (Å²) >= 11 is 6.36. The van der Waals surface area contributed by atoms with Crippen molar-refractivity contribution in [1.29, 1.82) is 0 Å². The number of imidazole rings is 1. The van der Waals surface area contributed by atoms with E-state index in [-0.39, 0.29) is 0 Å². The molecular weight excluding hydrogens is 550 g/mol. The smallest absolute Gasteiger partial charge is 0.274 e. The van der Waals surface area contributed by atoms with Crippen molar-refractivity contribution >= 4 is 28.3 Å². The molecular formula is C31H30ClN9O. The van der Waals surface area contributed by atoms with Gasteiger partial charge in [0.1, 0.15) is 0 Å². The Kier molecular flexibility index (Phi) is 6.70. The van der Waals surface area contributed by atoms with Crippen molar-refractivity contribution in [3.63, 3.8) is 0 Å². The number of halogens is 1. The van der Waals surface area contributed by atoms with Gasteiger partial charge in [-0.1, -0.05) is 59.2 Å². The van der Waals surface area contributed by atoms with E-state index in [1.54, 1.807) is 17.0 Å². The highest BCUT2D eigenvalue weighted by Gasteiger charge is 2.37. The molecule has 11 heteroatoms. The minimum atomic E-state index is -1.49. The molecule has 1 aliphatic heterocycles. The van der Waals surface area contributed by atoms with Gasteiger partial charge in [0.2, 0.25) is 0 Å². The van der Waals surface area contributed by atoms with Crippen molar-refractivity contribution in [1.82, 2.24) is 44.4 Å². The van der Waals surface area contributed by atoms with E-state index >= 15 is 0 Å². The highest BCUT2D eigenvalue weighted by atomic mass is 35.5. The zero-order valence-electron chi connectivity index (χ0n) is 23.4. The van der Waals surface area contributed by atoms with Gasteiger partial charge in [-0.25, -0.2) is 9.97 Å². The Labute approximate surface area is 247 Å². The normalized spacial score (nSPS) is 16.3. The lowest BCUT2D eigenvalue weighted by Gasteiger charge is -2.33. The first kappa shape index (κ1) is 26.7. The maximum atomic E-state index is 12.7. The maximum absolute atomic E-state index is 12.7. The van der Waals surface area contributed by atoms with E-state index in [2.05, 4.69) is 49.5 Å². The molecule has 0 radical (unpaired) electrons. The number of fused-ring (bicyclic) bond motifs is 3. The number of rotatable bonds is 6. The average molecular weight is 580 g/mol. The molecule has 6 aromatic rings. The van der Waals surface area contributed by atoms with Crippen LogP contribution in [0.15, 0.2) is 79.3 Å². The van der Waals surface area contributed by atoms with Gasteiger partial charge in [-0.05, 0) is 58.4 Å². The highest BCUT2D eigenvalue weighted by molar-refractivity contribution is 6.30. The predicted octanol–water partition coefficient (Wildman–Crippen LogP) is 3.76. The molecule has 0 spiro atoms. The number of aromatic nitrogens is 7. The van der Waals surface area contributed by atoms with Crippen molar-refractivity contribution in [2.24, 2.45) is 7.05 Å². The number of piperazine rings is 1. The van der Waals surface area contributed by atoms with Gasteiger partial charge in [-0.3, -0.25) is 4.90 Å². The number of hydrogen-bond donors (Lipinski definition) is 1. The molecule has 1 atom stereocenters. The summed E-state index contributed by atoms with van der Waals surface area (Å²) in [5.41, 5.74) is 4.04. The third kappa shape index (κ3) is 4.62. The van der Waals surface area contributed by atoms with Crippen LogP contribution in [0.4, 0.5) is 0 Å². The number of hydrogen-bond acceptors (Lipinski definition) is 8. The molecule has 0 aliphatic carbocycles. The van der Waals surface area contributed by atoms with Gasteiger partial charge in [0.25, 0.3) is 5.78 Å². The molecule has 1 aliphatic rings. The van der Waals surface area contributed by atoms with Gasteiger partial charge in [0.15, 0.2) is 5.60 Å². The molecule has 0 amide bonds. The Morgan fingerprint density at radius 2 is 1.71 bits per heavy atom. The molecule has 42 heavy (non-hydrogen) atoms. The summed E-state index contributed by atoms with van der Waals surface area (Å²) in [5.74, 6) is 0.378. The number of aryl methyl sites for hydroxylation is 1. The van der Waals surface area contributed by atoms with Crippen LogP contribution in [0.1, 0.15) is 22.4 Å². The van der Waals surface area contributed by atoms with Crippen LogP contribution in [0, 0.1) is 0 Å². The van der Waals surface area contributed by atoms with Crippen LogP contribution in [0.25, 0.3) is 27.9 Å². The maximum Gasteiger partial charge on any atom is 0.274 e. The largest absolute Gasteiger partial charge is 0.374 e. The first-order chi connectivity index (χ1) is 20.4. The lowest BCUT2D eigenvalue weighted by Crippen LogP contribution is -2.43. The van der Waals surface area contributed by atoms with E-state index < -0.39 is 5.60 Å². The lowest BCUT2D eigenvalue weighted by atomic mass is 9.82. The van der Waals surface area contributed by atoms with E-state index in [1.807, 2.05) is 66.2 Å². The topological polar surface area (TPSA) is 100 Å². The minimum absolute atomic E-state index is 0.378. The van der Waals surface area contributed by atoms with Crippen molar-refractivity contribution in [3.05, 3.63) is 107 Å². The van der Waals surface area contributed by atoms with Gasteiger partial charge in [-0.2, -0.15) is 4.52 Å². The number of nitrogens with zero attached hydrogens (tertiary/aromatic N) is 9. The first-order valence-electron chi connectivity index (χ1n) is 13.9. The predicted molar refractivity (Wildman–Crippen MR) is 161 cm³/mol. The van der Waals surface area contributed by atoms with Crippen molar-refractivity contribution in [2.45, 2.75) is 12.1 Å². The summed E-state index contributed by atoms with van der Waals surface area (Å²) in [6, 6.07) is 21.6. The second-order valence-electron chi connectivity index (χ2n) is 11.0. The average Bonchev–Trinajstić information content (AvgIpc) is 3.67. The monoisotopic (exact) mass is 579 g/mol. The fourth-order valence-electron chi connectivity index (χ4n) is 5.84. The Hall–Kier alpha value is -4.22. The van der Waals surface area contributed by atoms with E-state index in [0.717, 1.165) is 54.8 Å². The van der Waals surface area contributed by atoms with Gasteiger partial charge in [0.05, 0.1) is 29.4 Å². The molecule has 3 aromatic carbocycles. The molecule has 1 unspecified atom stereocenters. The molecule has 7 rings (SSSR count). The second kappa shape index (κ2) is 10.6. The summed E-state index contributed by atoms with van der Waals surface area (Å²) in [4.78, 5) is 14.0. The molecule has 212 valence electrons. The second-order valence-corrected chi connectivity index (χ2v) is 11.4. The molecule has 10 nitrogen and oxygen atoms in total. The van der Waals surface area contributed by atoms with E-state index in [0.29, 0.717) is 27.8 Å². The minimum Gasteiger partial charge on any atom is -0.374 e. The third-order valence-electron chi connectivity index (χ3n) is 8.22. The van der Waals surface area contributed by atoms with Gasteiger partial charge in [-0.15, -0.1) is 0 Å². The summed E-state index contributed by atoms with van der Waals surface area (Å²) in [6.07, 6.45) is 3.41. The summed E-state index contributed by atoms with van der Waals surface area (Å²) in [5, 5.41) is 26.2. The molecule has 0 bridgehead atoms. The molecule has 4 heterocycles. The molecule has 1 saturated heterocycles. The number of benzene rings is 3. The molecule has 1 fully saturated rings. The first-order valence-corrected chi connectivity index (χ1v) is 14.3.